The van der Waals surface area contributed by atoms with Crippen LogP contribution in [0.15, 0.2) is 133 Å². The molecule has 2 aromatic carbocycles. The quantitative estimate of drug-likeness (QED) is 0.0591. The highest BCUT2D eigenvalue weighted by molar-refractivity contribution is 6.99. The molecule has 2 aromatic rings. The zero-order valence-electron chi connectivity index (χ0n) is 34.0. The van der Waals surface area contributed by atoms with Crippen molar-refractivity contribution in [3.8, 4) is 0 Å². The maximum atomic E-state index is 13.5. The molecule has 0 spiro atoms. The van der Waals surface area contributed by atoms with Gasteiger partial charge >= 0.3 is 5.97 Å². The summed E-state index contributed by atoms with van der Waals surface area (Å²) >= 11 is 0. The summed E-state index contributed by atoms with van der Waals surface area (Å²) in [5.41, 5.74) is 1.09. The number of rotatable bonds is 16. The van der Waals surface area contributed by atoms with Crippen LogP contribution in [0.1, 0.15) is 88.5 Å². The van der Waals surface area contributed by atoms with E-state index in [-0.39, 0.29) is 40.9 Å². The van der Waals surface area contributed by atoms with Crippen molar-refractivity contribution in [2.75, 3.05) is 0 Å². The summed E-state index contributed by atoms with van der Waals surface area (Å²) in [4.78, 5) is 38.3. The minimum atomic E-state index is -2.78. The summed E-state index contributed by atoms with van der Waals surface area (Å²) in [7, 11) is -2.78. The largest absolute Gasteiger partial charge is 0.458 e. The second-order valence-corrected chi connectivity index (χ2v) is 20.5. The number of hydrogen-bond donors (Lipinski definition) is 2. The maximum Gasteiger partial charge on any atom is 0.333 e. The van der Waals surface area contributed by atoms with Crippen molar-refractivity contribution in [1.29, 1.82) is 0 Å². The Kier molecular flexibility index (Phi) is 16.4. The van der Waals surface area contributed by atoms with E-state index in [4.69, 9.17) is 9.16 Å². The number of cyclic esters (lactones) is 1. The van der Waals surface area contributed by atoms with Gasteiger partial charge in [-0.15, -0.1) is 0 Å². The van der Waals surface area contributed by atoms with Gasteiger partial charge in [0.25, 0.3) is 8.32 Å². The third-order valence-corrected chi connectivity index (χ3v) is 14.7. The van der Waals surface area contributed by atoms with E-state index in [0.29, 0.717) is 18.4 Å². The molecular weight excluding hydrogens is 689 g/mol. The molecule has 1 heterocycles. The molecule has 0 saturated carbocycles. The highest BCUT2D eigenvalue weighted by Gasteiger charge is 2.51. The molecule has 4 atom stereocenters. The average molecular weight is 751 g/mol. The second kappa shape index (κ2) is 20.2. The van der Waals surface area contributed by atoms with Crippen LogP contribution in [-0.2, 0) is 23.5 Å². The number of carbonyl (C=O) groups is 3. The first-order valence-corrected chi connectivity index (χ1v) is 21.0. The Morgan fingerprint density at radius 2 is 1.50 bits per heavy atom. The molecule has 290 valence electrons. The highest BCUT2D eigenvalue weighted by atomic mass is 28.4. The number of ether oxygens (including phenoxy) is 1. The zero-order valence-corrected chi connectivity index (χ0v) is 35.0. The Bertz CT molecular complexity index is 1690. The zero-order chi connectivity index (χ0) is 39.9. The van der Waals surface area contributed by atoms with Gasteiger partial charge in [0.15, 0.2) is 0 Å². The normalized spacial score (nSPS) is 17.8. The molecule has 0 aromatic heterocycles. The van der Waals surface area contributed by atoms with Crippen LogP contribution >= 0.6 is 0 Å². The SMILES string of the molecule is C/C=C\C[C@@H](C/C=C\NC(=O)[C@@H](NC(=O)\C=C/C=C\C(C)=C\[C@H](C)[C@@H]1CC=C(C)C(=O)O1)C(C)(C)C)O[Si](c1ccccc1)(c1ccccc1)C(C)(C)C. The Balaban J connectivity index is 1.68. The van der Waals surface area contributed by atoms with Gasteiger partial charge in [0.05, 0.1) is 6.10 Å². The summed E-state index contributed by atoms with van der Waals surface area (Å²) in [5.74, 6) is -0.882. The van der Waals surface area contributed by atoms with Crippen LogP contribution in [0.4, 0.5) is 0 Å². The third kappa shape index (κ3) is 12.5. The minimum Gasteiger partial charge on any atom is -0.458 e. The van der Waals surface area contributed by atoms with Gasteiger partial charge in [0, 0.05) is 24.0 Å². The standard InChI is InChI=1S/C46H62N2O5Si/c1-11-12-23-37(53-54(46(8,9)10,38-25-15-13-16-26-38)39-27-17-14-18-28-39)24-21-32-47-43(50)42(45(5,6)7)48-41(49)29-20-19-22-34(2)33-36(4)40-31-30-35(3)44(51)52-40/h11-22,25-30,32-33,36-37,40,42H,23-24,31H2,1-10H3,(H,47,50)(H,48,49)/b12-11-,22-19-,29-20-,32-21-,34-33+/t36-,37-,40-,42+/m0/s1. The van der Waals surface area contributed by atoms with Gasteiger partial charge in [-0.1, -0.05) is 163 Å². The number of carbonyl (C=O) groups excluding carboxylic acids is 3. The molecule has 2 N–H and O–H groups in total. The summed E-state index contributed by atoms with van der Waals surface area (Å²) in [6.45, 7) is 20.3. The van der Waals surface area contributed by atoms with Gasteiger partial charge in [0.1, 0.15) is 12.1 Å². The van der Waals surface area contributed by atoms with Gasteiger partial charge < -0.3 is 19.8 Å². The topological polar surface area (TPSA) is 93.7 Å². The molecular formula is C46H62N2O5Si. The smallest absolute Gasteiger partial charge is 0.333 e. The Morgan fingerprint density at radius 3 is 2.04 bits per heavy atom. The predicted octanol–water partition coefficient (Wildman–Crippen LogP) is 8.41. The van der Waals surface area contributed by atoms with E-state index < -0.39 is 19.8 Å². The van der Waals surface area contributed by atoms with Gasteiger partial charge in [-0.05, 0) is 60.6 Å². The number of esters is 1. The molecule has 0 radical (unpaired) electrons. The van der Waals surface area contributed by atoms with Gasteiger partial charge in [-0.3, -0.25) is 9.59 Å². The van der Waals surface area contributed by atoms with Gasteiger partial charge in [-0.25, -0.2) is 4.79 Å². The first kappa shape index (κ1) is 43.9. The fourth-order valence-corrected chi connectivity index (χ4v) is 11.3. The van der Waals surface area contributed by atoms with Crippen molar-refractivity contribution in [3.05, 3.63) is 133 Å². The van der Waals surface area contributed by atoms with Crippen LogP contribution < -0.4 is 21.0 Å². The molecule has 0 unspecified atom stereocenters. The Morgan fingerprint density at radius 1 is 0.926 bits per heavy atom. The third-order valence-electron chi connectivity index (χ3n) is 9.62. The van der Waals surface area contributed by atoms with Crippen LogP contribution in [0.3, 0.4) is 0 Å². The molecule has 7 nitrogen and oxygen atoms in total. The van der Waals surface area contributed by atoms with E-state index >= 15 is 0 Å². The van der Waals surface area contributed by atoms with Crippen LogP contribution in [-0.4, -0.2) is 44.4 Å². The molecule has 54 heavy (non-hydrogen) atoms. The van der Waals surface area contributed by atoms with Crippen LogP contribution in [0, 0.1) is 11.3 Å². The summed E-state index contributed by atoms with van der Waals surface area (Å²) in [6.07, 6.45) is 20.2. The number of nitrogens with one attached hydrogen (secondary N) is 2. The van der Waals surface area contributed by atoms with Gasteiger partial charge in [0.2, 0.25) is 11.8 Å². The van der Waals surface area contributed by atoms with E-state index in [1.165, 1.54) is 16.4 Å². The van der Waals surface area contributed by atoms with Crippen LogP contribution in [0.5, 0.6) is 0 Å². The lowest BCUT2D eigenvalue weighted by Crippen LogP contribution is -2.67. The fraction of sp³-hybridized carbons (Fsp3) is 0.413. The van der Waals surface area contributed by atoms with Gasteiger partial charge in [-0.2, -0.15) is 0 Å². The molecule has 2 amide bonds. The van der Waals surface area contributed by atoms with E-state index in [9.17, 15) is 14.4 Å². The molecule has 3 rings (SSSR count). The van der Waals surface area contributed by atoms with E-state index in [1.807, 2.05) is 78.0 Å². The number of hydrogen-bond acceptors (Lipinski definition) is 5. The molecule has 0 aliphatic carbocycles. The van der Waals surface area contributed by atoms with Crippen molar-refractivity contribution in [1.82, 2.24) is 10.6 Å². The summed E-state index contributed by atoms with van der Waals surface area (Å²) < 4.78 is 12.9. The van der Waals surface area contributed by atoms with Crippen LogP contribution in [0.25, 0.3) is 0 Å². The van der Waals surface area contributed by atoms with Crippen molar-refractivity contribution in [2.24, 2.45) is 11.3 Å². The molecule has 8 heteroatoms. The van der Waals surface area contributed by atoms with Crippen molar-refractivity contribution >= 4 is 36.5 Å². The summed E-state index contributed by atoms with van der Waals surface area (Å²) in [6, 6.07) is 20.4. The van der Waals surface area contributed by atoms with E-state index in [1.54, 1.807) is 25.3 Å². The van der Waals surface area contributed by atoms with Crippen LogP contribution in [0.2, 0.25) is 5.04 Å². The second-order valence-electron chi connectivity index (χ2n) is 16.2. The molecule has 0 saturated heterocycles. The van der Waals surface area contributed by atoms with Crippen molar-refractivity contribution in [2.45, 2.75) is 112 Å². The van der Waals surface area contributed by atoms with E-state index in [0.717, 1.165) is 12.0 Å². The molecule has 1 aliphatic heterocycles. The number of benzene rings is 2. The lowest BCUT2D eigenvalue weighted by atomic mass is 9.86. The highest BCUT2D eigenvalue weighted by Crippen LogP contribution is 2.38. The molecule has 0 fully saturated rings. The molecule has 1 aliphatic rings. The maximum absolute atomic E-state index is 13.5. The van der Waals surface area contributed by atoms with Crippen molar-refractivity contribution < 1.29 is 23.5 Å². The lowest BCUT2D eigenvalue weighted by molar-refractivity contribution is -0.147. The first-order chi connectivity index (χ1) is 25.5. The van der Waals surface area contributed by atoms with Crippen molar-refractivity contribution in [3.63, 3.8) is 0 Å². The molecule has 0 bridgehead atoms. The Hall–Kier alpha value is -4.53. The Labute approximate surface area is 325 Å². The minimum absolute atomic E-state index is 0.0457. The predicted molar refractivity (Wildman–Crippen MR) is 225 cm³/mol. The first-order valence-electron chi connectivity index (χ1n) is 19.1. The number of amides is 2. The fourth-order valence-electron chi connectivity index (χ4n) is 6.64. The van der Waals surface area contributed by atoms with E-state index in [2.05, 4.69) is 92.1 Å². The number of allylic oxidation sites excluding steroid dienone is 5. The monoisotopic (exact) mass is 750 g/mol. The summed E-state index contributed by atoms with van der Waals surface area (Å²) in [5, 5.41) is 8.08. The average Bonchev–Trinajstić information content (AvgIpc) is 3.12. The lowest BCUT2D eigenvalue weighted by Gasteiger charge is -2.45.